The van der Waals surface area contributed by atoms with Crippen molar-refractivity contribution < 1.29 is 0 Å². The van der Waals surface area contributed by atoms with Crippen molar-refractivity contribution in [1.29, 1.82) is 0 Å². The highest BCUT2D eigenvalue weighted by Crippen LogP contribution is 2.22. The zero-order chi connectivity index (χ0) is 12.4. The standard InChI is InChI=1S/C14H19N3/c1-10-14(11(2)17(3)16-10)13(15)9-12-7-5-4-6-8-12/h4-8,13H,9,15H2,1-3H3. The summed E-state index contributed by atoms with van der Waals surface area (Å²) in [6.07, 6.45) is 0.855. The van der Waals surface area contributed by atoms with E-state index < -0.39 is 0 Å². The number of nitrogens with two attached hydrogens (primary N) is 1. The molecule has 90 valence electrons. The van der Waals surface area contributed by atoms with E-state index in [9.17, 15) is 0 Å². The lowest BCUT2D eigenvalue weighted by atomic mass is 9.98. The lowest BCUT2D eigenvalue weighted by Gasteiger charge is -2.12. The zero-order valence-corrected chi connectivity index (χ0v) is 10.6. The first-order chi connectivity index (χ1) is 8.09. The maximum atomic E-state index is 6.29. The van der Waals surface area contributed by atoms with Crippen molar-refractivity contribution in [3.8, 4) is 0 Å². The van der Waals surface area contributed by atoms with E-state index in [1.54, 1.807) is 0 Å². The smallest absolute Gasteiger partial charge is 0.0644 e. The molecule has 0 fully saturated rings. The molecule has 0 spiro atoms. The van der Waals surface area contributed by atoms with Gasteiger partial charge in [-0.2, -0.15) is 5.10 Å². The van der Waals surface area contributed by atoms with Crippen LogP contribution in [0.4, 0.5) is 0 Å². The Hall–Kier alpha value is -1.61. The van der Waals surface area contributed by atoms with Crippen LogP contribution in [0.5, 0.6) is 0 Å². The molecule has 1 atom stereocenters. The van der Waals surface area contributed by atoms with E-state index in [4.69, 9.17) is 5.73 Å². The molecule has 2 aromatic rings. The molecule has 3 nitrogen and oxygen atoms in total. The average Bonchev–Trinajstić information content (AvgIpc) is 2.54. The number of aryl methyl sites for hydroxylation is 2. The predicted octanol–water partition coefficient (Wildman–Crippen LogP) is 2.28. The van der Waals surface area contributed by atoms with Crippen LogP contribution in [0.3, 0.4) is 0 Å². The van der Waals surface area contributed by atoms with E-state index in [1.165, 1.54) is 11.1 Å². The van der Waals surface area contributed by atoms with E-state index in [1.807, 2.05) is 36.9 Å². The molecule has 1 heterocycles. The van der Waals surface area contributed by atoms with Crippen LogP contribution in [0.15, 0.2) is 30.3 Å². The van der Waals surface area contributed by atoms with Gasteiger partial charge < -0.3 is 5.73 Å². The van der Waals surface area contributed by atoms with E-state index in [-0.39, 0.29) is 6.04 Å². The van der Waals surface area contributed by atoms with Crippen LogP contribution in [0, 0.1) is 13.8 Å². The lowest BCUT2D eigenvalue weighted by Crippen LogP contribution is -2.15. The van der Waals surface area contributed by atoms with Crippen LogP contribution >= 0.6 is 0 Å². The molecule has 17 heavy (non-hydrogen) atoms. The Morgan fingerprint density at radius 2 is 1.88 bits per heavy atom. The fourth-order valence-electron chi connectivity index (χ4n) is 2.30. The Morgan fingerprint density at radius 3 is 2.41 bits per heavy atom. The van der Waals surface area contributed by atoms with Gasteiger partial charge in [-0.1, -0.05) is 30.3 Å². The molecule has 1 aromatic heterocycles. The predicted molar refractivity (Wildman–Crippen MR) is 69.8 cm³/mol. The quantitative estimate of drug-likeness (QED) is 0.877. The Bertz CT molecular complexity index is 500. The summed E-state index contributed by atoms with van der Waals surface area (Å²) < 4.78 is 1.90. The van der Waals surface area contributed by atoms with Crippen molar-refractivity contribution in [2.45, 2.75) is 26.3 Å². The van der Waals surface area contributed by atoms with Gasteiger partial charge in [0.25, 0.3) is 0 Å². The number of nitrogens with zero attached hydrogens (tertiary/aromatic N) is 2. The van der Waals surface area contributed by atoms with Gasteiger partial charge in [0.1, 0.15) is 0 Å². The molecular weight excluding hydrogens is 210 g/mol. The minimum atomic E-state index is 0.0195. The third kappa shape index (κ3) is 2.39. The molecule has 2 rings (SSSR count). The normalized spacial score (nSPS) is 12.7. The monoisotopic (exact) mass is 229 g/mol. The van der Waals surface area contributed by atoms with Crippen molar-refractivity contribution in [1.82, 2.24) is 9.78 Å². The van der Waals surface area contributed by atoms with Gasteiger partial charge in [-0.15, -0.1) is 0 Å². The highest BCUT2D eigenvalue weighted by atomic mass is 15.3. The topological polar surface area (TPSA) is 43.8 Å². The molecule has 0 aliphatic carbocycles. The fourth-order valence-corrected chi connectivity index (χ4v) is 2.30. The second-order valence-electron chi connectivity index (χ2n) is 4.50. The molecule has 1 aromatic carbocycles. The minimum absolute atomic E-state index is 0.0195. The number of hydrogen-bond donors (Lipinski definition) is 1. The van der Waals surface area contributed by atoms with Crippen LogP contribution < -0.4 is 5.73 Å². The summed E-state index contributed by atoms with van der Waals surface area (Å²) in [5, 5.41) is 4.41. The molecule has 0 aliphatic rings. The lowest BCUT2D eigenvalue weighted by molar-refractivity contribution is 0.700. The van der Waals surface area contributed by atoms with Gasteiger partial charge in [-0.05, 0) is 25.8 Å². The maximum absolute atomic E-state index is 6.29. The van der Waals surface area contributed by atoms with E-state index in [2.05, 4.69) is 24.2 Å². The van der Waals surface area contributed by atoms with Gasteiger partial charge in [0, 0.05) is 24.3 Å². The van der Waals surface area contributed by atoms with Crippen molar-refractivity contribution in [2.75, 3.05) is 0 Å². The Kier molecular flexibility index (Phi) is 3.29. The summed E-state index contributed by atoms with van der Waals surface area (Å²) in [4.78, 5) is 0. The number of benzene rings is 1. The Morgan fingerprint density at radius 1 is 1.24 bits per heavy atom. The molecule has 0 saturated carbocycles. The number of rotatable bonds is 3. The van der Waals surface area contributed by atoms with Crippen LogP contribution in [0.2, 0.25) is 0 Å². The molecular formula is C14H19N3. The summed E-state index contributed by atoms with van der Waals surface area (Å²) >= 11 is 0. The molecule has 0 saturated heterocycles. The molecule has 2 N–H and O–H groups in total. The van der Waals surface area contributed by atoms with Gasteiger partial charge in [0.2, 0.25) is 0 Å². The van der Waals surface area contributed by atoms with Gasteiger partial charge in [-0.3, -0.25) is 4.68 Å². The van der Waals surface area contributed by atoms with Crippen LogP contribution in [-0.2, 0) is 13.5 Å². The molecule has 0 aliphatic heterocycles. The first-order valence-electron chi connectivity index (χ1n) is 5.89. The maximum Gasteiger partial charge on any atom is 0.0644 e. The summed E-state index contributed by atoms with van der Waals surface area (Å²) in [6.45, 7) is 4.09. The van der Waals surface area contributed by atoms with Crippen LogP contribution in [0.1, 0.15) is 28.6 Å². The van der Waals surface area contributed by atoms with Gasteiger partial charge in [0.15, 0.2) is 0 Å². The Balaban J connectivity index is 2.23. The first-order valence-corrected chi connectivity index (χ1v) is 5.89. The number of hydrogen-bond acceptors (Lipinski definition) is 2. The largest absolute Gasteiger partial charge is 0.324 e. The van der Waals surface area contributed by atoms with Crippen molar-refractivity contribution in [2.24, 2.45) is 12.8 Å². The summed E-state index contributed by atoms with van der Waals surface area (Å²) in [6, 6.07) is 10.4. The van der Waals surface area contributed by atoms with E-state index in [0.717, 1.165) is 17.8 Å². The molecule has 3 heteroatoms. The second kappa shape index (κ2) is 4.72. The van der Waals surface area contributed by atoms with Gasteiger partial charge in [-0.25, -0.2) is 0 Å². The molecule has 1 unspecified atom stereocenters. The summed E-state index contributed by atoms with van der Waals surface area (Å²) in [5.74, 6) is 0. The third-order valence-corrected chi connectivity index (χ3v) is 3.23. The SMILES string of the molecule is Cc1nn(C)c(C)c1C(N)Cc1ccccc1. The van der Waals surface area contributed by atoms with Crippen LogP contribution in [-0.4, -0.2) is 9.78 Å². The average molecular weight is 229 g/mol. The van der Waals surface area contributed by atoms with Gasteiger partial charge in [0.05, 0.1) is 5.69 Å². The van der Waals surface area contributed by atoms with E-state index >= 15 is 0 Å². The highest BCUT2D eigenvalue weighted by Gasteiger charge is 2.16. The molecule has 0 bridgehead atoms. The van der Waals surface area contributed by atoms with Crippen LogP contribution in [0.25, 0.3) is 0 Å². The molecule has 0 amide bonds. The number of aromatic nitrogens is 2. The van der Waals surface area contributed by atoms with Gasteiger partial charge >= 0.3 is 0 Å². The summed E-state index contributed by atoms with van der Waals surface area (Å²) in [7, 11) is 1.96. The minimum Gasteiger partial charge on any atom is -0.324 e. The van der Waals surface area contributed by atoms with Crippen molar-refractivity contribution >= 4 is 0 Å². The van der Waals surface area contributed by atoms with E-state index in [0.29, 0.717) is 0 Å². The van der Waals surface area contributed by atoms with Crippen molar-refractivity contribution in [3.05, 3.63) is 52.8 Å². The molecule has 0 radical (unpaired) electrons. The summed E-state index contributed by atoms with van der Waals surface area (Å²) in [5.41, 5.74) is 10.9. The van der Waals surface area contributed by atoms with Crippen molar-refractivity contribution in [3.63, 3.8) is 0 Å². The zero-order valence-electron chi connectivity index (χ0n) is 10.6. The second-order valence-corrected chi connectivity index (χ2v) is 4.50. The highest BCUT2D eigenvalue weighted by molar-refractivity contribution is 5.30. The first kappa shape index (κ1) is 11.9. The Labute approximate surface area is 102 Å². The fraction of sp³-hybridized carbons (Fsp3) is 0.357. The third-order valence-electron chi connectivity index (χ3n) is 3.23.